The maximum Gasteiger partial charge on any atom is 0.271 e. The average molecular weight is 276 g/mol. The van der Waals surface area contributed by atoms with Gasteiger partial charge in [-0.25, -0.2) is 0 Å². The van der Waals surface area contributed by atoms with Gasteiger partial charge in [0.25, 0.3) is 5.91 Å². The van der Waals surface area contributed by atoms with Crippen LogP contribution in [0, 0.1) is 0 Å². The summed E-state index contributed by atoms with van der Waals surface area (Å²) in [6.07, 6.45) is 4.25. The summed E-state index contributed by atoms with van der Waals surface area (Å²) in [6.45, 7) is 4.99. The smallest absolute Gasteiger partial charge is 0.271 e. The molecular formula is C13H20N6O. The fourth-order valence-electron chi connectivity index (χ4n) is 2.18. The fraction of sp³-hybridized carbons (Fsp3) is 0.462. The topological polar surface area (TPSA) is 90.8 Å². The van der Waals surface area contributed by atoms with Crippen LogP contribution < -0.4 is 11.1 Å². The van der Waals surface area contributed by atoms with E-state index in [0.29, 0.717) is 24.5 Å². The lowest BCUT2D eigenvalue weighted by atomic mass is 10.2. The van der Waals surface area contributed by atoms with Crippen LogP contribution in [0.2, 0.25) is 0 Å². The molecule has 0 radical (unpaired) electrons. The Morgan fingerprint density at radius 3 is 2.85 bits per heavy atom. The maximum atomic E-state index is 12.2. The van der Waals surface area contributed by atoms with Gasteiger partial charge in [-0.3, -0.25) is 14.2 Å². The molecular weight excluding hydrogens is 256 g/mol. The number of anilines is 1. The number of aromatic nitrogens is 4. The van der Waals surface area contributed by atoms with E-state index in [-0.39, 0.29) is 5.91 Å². The maximum absolute atomic E-state index is 12.2. The van der Waals surface area contributed by atoms with Crippen LogP contribution in [0.5, 0.6) is 0 Å². The average Bonchev–Trinajstić information content (AvgIpc) is 2.98. The summed E-state index contributed by atoms with van der Waals surface area (Å²) < 4.78 is 3.35. The van der Waals surface area contributed by atoms with Gasteiger partial charge >= 0.3 is 0 Å². The largest absolute Gasteiger partial charge is 0.396 e. The quantitative estimate of drug-likeness (QED) is 0.841. The minimum Gasteiger partial charge on any atom is -0.396 e. The van der Waals surface area contributed by atoms with Crippen LogP contribution in [-0.4, -0.2) is 25.5 Å². The van der Waals surface area contributed by atoms with Gasteiger partial charge in [-0.1, -0.05) is 6.92 Å². The van der Waals surface area contributed by atoms with E-state index in [2.05, 4.69) is 15.5 Å². The van der Waals surface area contributed by atoms with E-state index in [4.69, 9.17) is 5.73 Å². The number of amides is 1. The van der Waals surface area contributed by atoms with Crippen molar-refractivity contribution < 1.29 is 4.79 Å². The number of hydrogen-bond acceptors (Lipinski definition) is 4. The van der Waals surface area contributed by atoms with Gasteiger partial charge in [-0.2, -0.15) is 10.2 Å². The van der Waals surface area contributed by atoms with Crippen LogP contribution in [-0.2, 0) is 26.6 Å². The lowest BCUT2D eigenvalue weighted by Crippen LogP contribution is -2.26. The summed E-state index contributed by atoms with van der Waals surface area (Å²) in [5.41, 5.74) is 8.60. The van der Waals surface area contributed by atoms with E-state index < -0.39 is 0 Å². The van der Waals surface area contributed by atoms with E-state index in [1.54, 1.807) is 9.36 Å². The van der Waals surface area contributed by atoms with Gasteiger partial charge in [0.05, 0.1) is 17.6 Å². The minimum atomic E-state index is -0.215. The molecule has 0 aliphatic heterocycles. The van der Waals surface area contributed by atoms with Crippen molar-refractivity contribution in [3.05, 3.63) is 29.3 Å². The Morgan fingerprint density at radius 1 is 1.45 bits per heavy atom. The van der Waals surface area contributed by atoms with Crippen LogP contribution in [0.15, 0.2) is 12.4 Å². The molecule has 2 aromatic rings. The third-order valence-corrected chi connectivity index (χ3v) is 3.15. The third-order valence-electron chi connectivity index (χ3n) is 3.15. The van der Waals surface area contributed by atoms with E-state index in [1.165, 1.54) is 6.20 Å². The Bertz CT molecular complexity index is 612. The summed E-state index contributed by atoms with van der Waals surface area (Å²) in [5.74, 6) is -0.215. The van der Waals surface area contributed by atoms with Crippen LogP contribution in [0.25, 0.3) is 0 Å². The highest BCUT2D eigenvalue weighted by atomic mass is 16.2. The first-order chi connectivity index (χ1) is 9.56. The Labute approximate surface area is 117 Å². The first kappa shape index (κ1) is 14.1. The van der Waals surface area contributed by atoms with Crippen molar-refractivity contribution in [2.45, 2.75) is 33.4 Å². The zero-order chi connectivity index (χ0) is 14.7. The predicted molar refractivity (Wildman–Crippen MR) is 76.1 cm³/mol. The van der Waals surface area contributed by atoms with Crippen molar-refractivity contribution in [2.24, 2.45) is 7.05 Å². The number of nitrogen functional groups attached to an aromatic ring is 1. The van der Waals surface area contributed by atoms with Gasteiger partial charge in [0, 0.05) is 31.9 Å². The highest BCUT2D eigenvalue weighted by Gasteiger charge is 2.16. The van der Waals surface area contributed by atoms with Crippen LogP contribution in [0.4, 0.5) is 5.69 Å². The van der Waals surface area contributed by atoms with Gasteiger partial charge in [0.1, 0.15) is 5.69 Å². The molecule has 0 aliphatic carbocycles. The summed E-state index contributed by atoms with van der Waals surface area (Å²) in [6, 6.07) is 0. The molecule has 0 saturated carbocycles. The molecule has 1 amide bonds. The lowest BCUT2D eigenvalue weighted by molar-refractivity contribution is 0.0941. The molecule has 0 bridgehead atoms. The Morgan fingerprint density at radius 2 is 2.20 bits per heavy atom. The minimum absolute atomic E-state index is 0.215. The Hall–Kier alpha value is -2.31. The molecule has 0 fully saturated rings. The first-order valence-electron chi connectivity index (χ1n) is 6.67. The monoisotopic (exact) mass is 276 g/mol. The van der Waals surface area contributed by atoms with Crippen LogP contribution in [0.3, 0.4) is 0 Å². The first-order valence-corrected chi connectivity index (χ1v) is 6.67. The van der Waals surface area contributed by atoms with Crippen molar-refractivity contribution in [1.29, 1.82) is 0 Å². The van der Waals surface area contributed by atoms with Crippen molar-refractivity contribution in [1.82, 2.24) is 24.9 Å². The van der Waals surface area contributed by atoms with E-state index in [9.17, 15) is 4.79 Å². The summed E-state index contributed by atoms with van der Waals surface area (Å²) in [4.78, 5) is 12.2. The van der Waals surface area contributed by atoms with Crippen LogP contribution in [0.1, 0.15) is 35.6 Å². The SMILES string of the molecule is CCc1nn(C)cc1CNC(=O)c1c(N)cnn1CC. The molecule has 7 nitrogen and oxygen atoms in total. The number of nitrogens with one attached hydrogen (secondary N) is 1. The van der Waals surface area contributed by atoms with Gasteiger partial charge in [0.15, 0.2) is 0 Å². The lowest BCUT2D eigenvalue weighted by Gasteiger charge is -2.07. The molecule has 0 aliphatic rings. The van der Waals surface area contributed by atoms with Crippen molar-refractivity contribution in [3.63, 3.8) is 0 Å². The molecule has 3 N–H and O–H groups in total. The number of carbonyl (C=O) groups excluding carboxylic acids is 1. The van der Waals surface area contributed by atoms with Crippen molar-refractivity contribution in [2.75, 3.05) is 5.73 Å². The molecule has 0 unspecified atom stereocenters. The number of hydrogen-bond donors (Lipinski definition) is 2. The van der Waals surface area contributed by atoms with Gasteiger partial charge < -0.3 is 11.1 Å². The molecule has 7 heteroatoms. The number of rotatable bonds is 5. The normalized spacial score (nSPS) is 10.8. The van der Waals surface area contributed by atoms with Crippen molar-refractivity contribution in [3.8, 4) is 0 Å². The Balaban J connectivity index is 2.10. The molecule has 20 heavy (non-hydrogen) atoms. The highest BCUT2D eigenvalue weighted by molar-refractivity contribution is 5.97. The molecule has 0 atom stereocenters. The number of aryl methyl sites for hydroxylation is 3. The third kappa shape index (κ3) is 2.66. The van der Waals surface area contributed by atoms with Gasteiger partial charge in [-0.15, -0.1) is 0 Å². The van der Waals surface area contributed by atoms with E-state index in [1.807, 2.05) is 27.1 Å². The number of carbonyl (C=O) groups is 1. The molecule has 2 aromatic heterocycles. The molecule has 0 spiro atoms. The highest BCUT2D eigenvalue weighted by Crippen LogP contribution is 2.12. The fourth-order valence-corrected chi connectivity index (χ4v) is 2.18. The van der Waals surface area contributed by atoms with Gasteiger partial charge in [0.2, 0.25) is 0 Å². The second-order valence-corrected chi connectivity index (χ2v) is 4.58. The molecule has 2 heterocycles. The standard InChI is InChI=1S/C13H20N6O/c1-4-11-9(8-18(3)17-11)6-15-13(20)12-10(14)7-16-19(12)5-2/h7-8H,4-6,14H2,1-3H3,(H,15,20). The van der Waals surface area contributed by atoms with E-state index in [0.717, 1.165) is 17.7 Å². The van der Waals surface area contributed by atoms with E-state index >= 15 is 0 Å². The molecule has 0 aromatic carbocycles. The Kier molecular flexibility index (Phi) is 4.07. The zero-order valence-electron chi connectivity index (χ0n) is 12.1. The second kappa shape index (κ2) is 5.77. The summed E-state index contributed by atoms with van der Waals surface area (Å²) in [7, 11) is 1.87. The molecule has 2 rings (SSSR count). The predicted octanol–water partition coefficient (Wildman–Crippen LogP) is 0.711. The zero-order valence-corrected chi connectivity index (χ0v) is 12.1. The van der Waals surface area contributed by atoms with Gasteiger partial charge in [-0.05, 0) is 13.3 Å². The molecule has 108 valence electrons. The molecule has 0 saturated heterocycles. The number of nitrogens with zero attached hydrogens (tertiary/aromatic N) is 4. The van der Waals surface area contributed by atoms with Crippen LogP contribution >= 0.6 is 0 Å². The van der Waals surface area contributed by atoms with Crippen molar-refractivity contribution >= 4 is 11.6 Å². The summed E-state index contributed by atoms with van der Waals surface area (Å²) >= 11 is 0. The summed E-state index contributed by atoms with van der Waals surface area (Å²) in [5, 5.41) is 11.3. The number of nitrogens with two attached hydrogens (primary N) is 1. The second-order valence-electron chi connectivity index (χ2n) is 4.58.